The maximum atomic E-state index is 12.3. The second-order valence-electron chi connectivity index (χ2n) is 8.69. The van der Waals surface area contributed by atoms with E-state index in [1.54, 1.807) is 4.90 Å². The molecule has 1 aliphatic heterocycles. The molecule has 0 fully saturated rings. The van der Waals surface area contributed by atoms with Gasteiger partial charge in [0.05, 0.1) is 0 Å². The number of benzene rings is 1. The van der Waals surface area contributed by atoms with Crippen molar-refractivity contribution in [1.82, 2.24) is 14.9 Å². The number of hydrogen-bond donors (Lipinski definition) is 1. The number of aromatic nitrogens is 2. The monoisotopic (exact) mass is 467 g/mol. The number of aryl methyl sites for hydroxylation is 1. The molecule has 156 valence electrons. The summed E-state index contributed by atoms with van der Waals surface area (Å²) in [7, 11) is 0. The van der Waals surface area contributed by atoms with Crippen LogP contribution in [0.3, 0.4) is 0 Å². The second-order valence-corrected chi connectivity index (χ2v) is 9.55. The summed E-state index contributed by atoms with van der Waals surface area (Å²) in [6.07, 6.45) is 6.52. The second kappa shape index (κ2) is 7.91. The normalized spacial score (nSPS) is 14.7. The van der Waals surface area contributed by atoms with E-state index in [0.29, 0.717) is 13.1 Å². The van der Waals surface area contributed by atoms with Gasteiger partial charge in [0.1, 0.15) is 11.2 Å². The maximum Gasteiger partial charge on any atom is 0.410 e. The Morgan fingerprint density at radius 1 is 1.23 bits per heavy atom. The number of H-pyrrole nitrogens is 1. The van der Waals surface area contributed by atoms with Crippen LogP contribution in [0.5, 0.6) is 0 Å². The average molecular weight is 468 g/mol. The van der Waals surface area contributed by atoms with E-state index in [1.165, 1.54) is 16.7 Å². The van der Waals surface area contributed by atoms with Crippen molar-refractivity contribution in [1.29, 1.82) is 0 Å². The molecule has 1 N–H and O–H groups in total. The van der Waals surface area contributed by atoms with E-state index in [-0.39, 0.29) is 6.09 Å². The molecule has 1 amide bonds. The lowest BCUT2D eigenvalue weighted by Crippen LogP contribution is -2.39. The lowest BCUT2D eigenvalue weighted by Gasteiger charge is -2.30. The Morgan fingerprint density at radius 2 is 2.03 bits per heavy atom. The van der Waals surface area contributed by atoms with Gasteiger partial charge in [-0.3, -0.25) is 0 Å². The SMILES string of the molecule is Cc1cc(-c2cnc3[nH]cc(Br)c3c2)ccc1C1=CCN(C(=O)OC(C)(C)C)CC1. The minimum atomic E-state index is -0.471. The minimum Gasteiger partial charge on any atom is -0.444 e. The molecule has 1 aromatic carbocycles. The topological polar surface area (TPSA) is 58.2 Å². The van der Waals surface area contributed by atoms with Crippen LogP contribution in [0.4, 0.5) is 4.79 Å². The molecule has 2 aromatic heterocycles. The van der Waals surface area contributed by atoms with Crippen molar-refractivity contribution in [3.05, 3.63) is 58.3 Å². The van der Waals surface area contributed by atoms with Crippen LogP contribution < -0.4 is 0 Å². The van der Waals surface area contributed by atoms with E-state index in [0.717, 1.165) is 33.1 Å². The predicted octanol–water partition coefficient (Wildman–Crippen LogP) is 6.33. The number of hydrogen-bond acceptors (Lipinski definition) is 3. The lowest BCUT2D eigenvalue weighted by atomic mass is 9.93. The number of aromatic amines is 1. The van der Waals surface area contributed by atoms with Crippen molar-refractivity contribution in [2.24, 2.45) is 0 Å². The van der Waals surface area contributed by atoms with Gasteiger partial charge in [-0.2, -0.15) is 0 Å². The number of pyridine rings is 1. The van der Waals surface area contributed by atoms with Gasteiger partial charge < -0.3 is 14.6 Å². The average Bonchev–Trinajstić information content (AvgIpc) is 3.07. The Labute approximate surface area is 185 Å². The summed E-state index contributed by atoms with van der Waals surface area (Å²) < 4.78 is 6.50. The quantitative estimate of drug-likeness (QED) is 0.479. The van der Waals surface area contributed by atoms with Gasteiger partial charge in [-0.1, -0.05) is 24.3 Å². The van der Waals surface area contributed by atoms with Crippen LogP contribution in [0.2, 0.25) is 0 Å². The number of amides is 1. The van der Waals surface area contributed by atoms with Crippen LogP contribution >= 0.6 is 15.9 Å². The Morgan fingerprint density at radius 3 is 2.70 bits per heavy atom. The number of halogens is 1. The molecule has 3 heterocycles. The van der Waals surface area contributed by atoms with Crippen molar-refractivity contribution in [2.45, 2.75) is 39.7 Å². The molecule has 0 atom stereocenters. The Balaban J connectivity index is 1.53. The van der Waals surface area contributed by atoms with Gasteiger partial charge in [-0.15, -0.1) is 0 Å². The molecule has 0 radical (unpaired) electrons. The number of rotatable bonds is 2. The molecule has 3 aromatic rings. The van der Waals surface area contributed by atoms with E-state index in [1.807, 2.05) is 33.2 Å². The zero-order valence-corrected chi connectivity index (χ0v) is 19.3. The fraction of sp³-hybridized carbons (Fsp3) is 0.333. The van der Waals surface area contributed by atoms with E-state index >= 15 is 0 Å². The Hall–Kier alpha value is -2.60. The highest BCUT2D eigenvalue weighted by atomic mass is 79.9. The van der Waals surface area contributed by atoms with Crippen LogP contribution in [0, 0.1) is 6.92 Å². The third-order valence-electron chi connectivity index (χ3n) is 5.25. The van der Waals surface area contributed by atoms with E-state index in [4.69, 9.17) is 4.74 Å². The van der Waals surface area contributed by atoms with Gasteiger partial charge >= 0.3 is 6.09 Å². The first kappa shape index (κ1) is 20.7. The smallest absolute Gasteiger partial charge is 0.410 e. The highest BCUT2D eigenvalue weighted by molar-refractivity contribution is 9.10. The number of ether oxygens (including phenoxy) is 1. The van der Waals surface area contributed by atoms with E-state index in [9.17, 15) is 4.79 Å². The van der Waals surface area contributed by atoms with Gasteiger partial charge in [0.15, 0.2) is 0 Å². The molecular formula is C24H26BrN3O2. The molecular weight excluding hydrogens is 442 g/mol. The van der Waals surface area contributed by atoms with Gasteiger partial charge in [0, 0.05) is 40.9 Å². The van der Waals surface area contributed by atoms with Gasteiger partial charge in [-0.25, -0.2) is 9.78 Å². The molecule has 0 bridgehead atoms. The number of carbonyl (C=O) groups is 1. The van der Waals surface area contributed by atoms with Crippen molar-refractivity contribution in [3.8, 4) is 11.1 Å². The van der Waals surface area contributed by atoms with Crippen LogP contribution in [0.1, 0.15) is 38.3 Å². The first-order valence-electron chi connectivity index (χ1n) is 10.1. The number of fused-ring (bicyclic) bond motifs is 1. The molecule has 5 nitrogen and oxygen atoms in total. The molecule has 4 rings (SSSR count). The summed E-state index contributed by atoms with van der Waals surface area (Å²) in [6, 6.07) is 8.68. The number of nitrogens with one attached hydrogen (secondary N) is 1. The summed E-state index contributed by atoms with van der Waals surface area (Å²) in [5, 5.41) is 1.08. The third kappa shape index (κ3) is 4.29. The molecule has 0 saturated heterocycles. The van der Waals surface area contributed by atoms with Crippen LogP contribution in [-0.4, -0.2) is 39.7 Å². The molecule has 0 unspecified atom stereocenters. The summed E-state index contributed by atoms with van der Waals surface area (Å²) in [4.78, 5) is 21.7. The largest absolute Gasteiger partial charge is 0.444 e. The van der Waals surface area contributed by atoms with Crippen molar-refractivity contribution in [2.75, 3.05) is 13.1 Å². The fourth-order valence-electron chi connectivity index (χ4n) is 3.74. The maximum absolute atomic E-state index is 12.3. The van der Waals surface area contributed by atoms with Crippen LogP contribution in [-0.2, 0) is 4.74 Å². The summed E-state index contributed by atoms with van der Waals surface area (Å²) >= 11 is 3.57. The van der Waals surface area contributed by atoms with Gasteiger partial charge in [0.2, 0.25) is 0 Å². The molecule has 0 aliphatic carbocycles. The first-order chi connectivity index (χ1) is 14.2. The van der Waals surface area contributed by atoms with Crippen molar-refractivity contribution < 1.29 is 9.53 Å². The van der Waals surface area contributed by atoms with Gasteiger partial charge in [0.25, 0.3) is 0 Å². The van der Waals surface area contributed by atoms with Crippen molar-refractivity contribution in [3.63, 3.8) is 0 Å². The lowest BCUT2D eigenvalue weighted by molar-refractivity contribution is 0.0270. The Kier molecular flexibility index (Phi) is 5.45. The fourth-order valence-corrected chi connectivity index (χ4v) is 4.16. The predicted molar refractivity (Wildman–Crippen MR) is 124 cm³/mol. The summed E-state index contributed by atoms with van der Waals surface area (Å²) in [6.45, 7) is 9.06. The Bertz CT molecular complexity index is 1140. The zero-order valence-electron chi connectivity index (χ0n) is 17.8. The number of carbonyl (C=O) groups excluding carboxylic acids is 1. The molecule has 0 spiro atoms. The number of nitrogens with zero attached hydrogens (tertiary/aromatic N) is 2. The van der Waals surface area contributed by atoms with E-state index < -0.39 is 5.60 Å². The molecule has 6 heteroatoms. The van der Waals surface area contributed by atoms with Crippen LogP contribution in [0.15, 0.2) is 47.2 Å². The highest BCUT2D eigenvalue weighted by Gasteiger charge is 2.24. The third-order valence-corrected chi connectivity index (χ3v) is 5.90. The summed E-state index contributed by atoms with van der Waals surface area (Å²) in [5.74, 6) is 0. The first-order valence-corrected chi connectivity index (χ1v) is 10.9. The van der Waals surface area contributed by atoms with Gasteiger partial charge in [-0.05, 0) is 78.4 Å². The van der Waals surface area contributed by atoms with Crippen molar-refractivity contribution >= 4 is 38.6 Å². The zero-order chi connectivity index (χ0) is 21.5. The molecule has 1 aliphatic rings. The highest BCUT2D eigenvalue weighted by Crippen LogP contribution is 2.31. The summed E-state index contributed by atoms with van der Waals surface area (Å²) in [5.41, 5.74) is 6.37. The van der Waals surface area contributed by atoms with Crippen LogP contribution in [0.25, 0.3) is 27.7 Å². The molecule has 0 saturated carbocycles. The van der Waals surface area contributed by atoms with E-state index in [2.05, 4.69) is 63.2 Å². The standard InChI is InChI=1S/C24H26BrN3O2/c1-15-11-17(18-12-20-21(25)14-27-22(20)26-13-18)5-6-19(15)16-7-9-28(10-8-16)23(29)30-24(2,3)4/h5-7,11-14H,8-10H2,1-4H3,(H,26,27). The molecule has 30 heavy (non-hydrogen) atoms. The minimum absolute atomic E-state index is 0.247.